The fourth-order valence-corrected chi connectivity index (χ4v) is 3.28. The highest BCUT2D eigenvalue weighted by molar-refractivity contribution is 7.12. The van der Waals surface area contributed by atoms with Crippen molar-refractivity contribution in [3.63, 3.8) is 0 Å². The summed E-state index contributed by atoms with van der Waals surface area (Å²) in [7, 11) is 3.58. The Kier molecular flexibility index (Phi) is 5.14. The van der Waals surface area contributed by atoms with Crippen molar-refractivity contribution in [2.24, 2.45) is 0 Å². The van der Waals surface area contributed by atoms with E-state index in [-0.39, 0.29) is 24.4 Å². The zero-order valence-electron chi connectivity index (χ0n) is 12.0. The highest BCUT2D eigenvalue weighted by Crippen LogP contribution is 2.17. The van der Waals surface area contributed by atoms with Crippen LogP contribution in [0.4, 0.5) is 0 Å². The molecule has 1 aliphatic heterocycles. The third-order valence-electron chi connectivity index (χ3n) is 3.59. The number of nitrogens with zero attached hydrogens (tertiary/aromatic N) is 2. The Morgan fingerprint density at radius 1 is 1.55 bits per heavy atom. The van der Waals surface area contributed by atoms with Crippen molar-refractivity contribution >= 4 is 23.2 Å². The first-order valence-electron chi connectivity index (χ1n) is 6.86. The van der Waals surface area contributed by atoms with Crippen LogP contribution in [0.5, 0.6) is 0 Å². The smallest absolute Gasteiger partial charge is 0.264 e. The van der Waals surface area contributed by atoms with Crippen molar-refractivity contribution in [1.29, 1.82) is 0 Å². The molecule has 1 N–H and O–H groups in total. The SMILES string of the molecule is CNCC1CCCN1C(=O)CN(C)C(=O)c1cccs1. The Balaban J connectivity index is 1.92. The van der Waals surface area contributed by atoms with E-state index in [1.807, 2.05) is 23.4 Å². The van der Waals surface area contributed by atoms with Gasteiger partial charge in [0.15, 0.2) is 0 Å². The van der Waals surface area contributed by atoms with Crippen LogP contribution in [0.25, 0.3) is 0 Å². The average Bonchev–Trinajstić information content (AvgIpc) is 3.09. The highest BCUT2D eigenvalue weighted by Gasteiger charge is 2.29. The van der Waals surface area contributed by atoms with Gasteiger partial charge in [-0.25, -0.2) is 0 Å². The molecule has 0 aromatic carbocycles. The van der Waals surface area contributed by atoms with E-state index in [1.54, 1.807) is 13.1 Å². The van der Waals surface area contributed by atoms with Gasteiger partial charge in [-0.1, -0.05) is 6.07 Å². The number of nitrogens with one attached hydrogen (secondary N) is 1. The largest absolute Gasteiger partial charge is 0.337 e. The fraction of sp³-hybridized carbons (Fsp3) is 0.571. The maximum absolute atomic E-state index is 12.3. The van der Waals surface area contributed by atoms with Gasteiger partial charge in [0, 0.05) is 26.2 Å². The minimum Gasteiger partial charge on any atom is -0.337 e. The molecule has 110 valence electrons. The fourth-order valence-electron chi connectivity index (χ4n) is 2.57. The number of rotatable bonds is 5. The van der Waals surface area contributed by atoms with E-state index in [0.717, 1.165) is 25.9 Å². The Hall–Kier alpha value is -1.40. The van der Waals surface area contributed by atoms with Gasteiger partial charge in [0.05, 0.1) is 11.4 Å². The Morgan fingerprint density at radius 3 is 3.00 bits per heavy atom. The molecule has 20 heavy (non-hydrogen) atoms. The van der Waals surface area contributed by atoms with Gasteiger partial charge in [-0.3, -0.25) is 9.59 Å². The van der Waals surface area contributed by atoms with Crippen LogP contribution < -0.4 is 5.32 Å². The molecule has 1 aromatic rings. The lowest BCUT2D eigenvalue weighted by atomic mass is 10.2. The summed E-state index contributed by atoms with van der Waals surface area (Å²) in [5, 5.41) is 4.99. The summed E-state index contributed by atoms with van der Waals surface area (Å²) in [6, 6.07) is 3.89. The molecule has 0 bridgehead atoms. The summed E-state index contributed by atoms with van der Waals surface area (Å²) < 4.78 is 0. The molecule has 1 aliphatic rings. The number of amides is 2. The molecule has 0 aliphatic carbocycles. The van der Waals surface area contributed by atoms with Gasteiger partial charge in [0.2, 0.25) is 5.91 Å². The molecule has 0 radical (unpaired) electrons. The molecular formula is C14H21N3O2S. The molecule has 1 saturated heterocycles. The molecular weight excluding hydrogens is 274 g/mol. The van der Waals surface area contributed by atoms with E-state index in [1.165, 1.54) is 16.2 Å². The quantitative estimate of drug-likeness (QED) is 0.883. The number of carbonyl (C=O) groups is 2. The summed E-state index contributed by atoms with van der Waals surface area (Å²) in [5.74, 6) is -0.0483. The monoisotopic (exact) mass is 295 g/mol. The van der Waals surface area contributed by atoms with Crippen molar-refractivity contribution in [3.8, 4) is 0 Å². The summed E-state index contributed by atoms with van der Waals surface area (Å²) in [6.45, 7) is 1.76. The minimum atomic E-state index is -0.0855. The third kappa shape index (κ3) is 3.37. The van der Waals surface area contributed by atoms with Gasteiger partial charge < -0.3 is 15.1 Å². The molecule has 1 aromatic heterocycles. The van der Waals surface area contributed by atoms with E-state index in [2.05, 4.69) is 5.32 Å². The molecule has 6 heteroatoms. The summed E-state index contributed by atoms with van der Waals surface area (Å²) >= 11 is 1.40. The second-order valence-electron chi connectivity index (χ2n) is 5.08. The Morgan fingerprint density at radius 2 is 2.35 bits per heavy atom. The number of carbonyl (C=O) groups excluding carboxylic acids is 2. The molecule has 5 nitrogen and oxygen atoms in total. The van der Waals surface area contributed by atoms with Gasteiger partial charge in [0.1, 0.15) is 0 Å². The van der Waals surface area contributed by atoms with Crippen molar-refractivity contribution in [1.82, 2.24) is 15.1 Å². The molecule has 1 fully saturated rings. The summed E-state index contributed by atoms with van der Waals surface area (Å²) in [6.07, 6.45) is 2.08. The third-order valence-corrected chi connectivity index (χ3v) is 4.45. The van der Waals surface area contributed by atoms with Crippen LogP contribution in [0.1, 0.15) is 22.5 Å². The maximum Gasteiger partial charge on any atom is 0.264 e. The molecule has 0 saturated carbocycles. The maximum atomic E-state index is 12.3. The van der Waals surface area contributed by atoms with Gasteiger partial charge in [0.25, 0.3) is 5.91 Å². The lowest BCUT2D eigenvalue weighted by Gasteiger charge is -2.27. The molecule has 2 amide bonds. The van der Waals surface area contributed by atoms with Crippen LogP contribution in [0.2, 0.25) is 0 Å². The van der Waals surface area contributed by atoms with Gasteiger partial charge >= 0.3 is 0 Å². The normalized spacial score (nSPS) is 18.3. The van der Waals surface area contributed by atoms with Crippen LogP contribution >= 0.6 is 11.3 Å². The van der Waals surface area contributed by atoms with E-state index >= 15 is 0 Å². The second kappa shape index (κ2) is 6.85. The summed E-state index contributed by atoms with van der Waals surface area (Å²) in [5.41, 5.74) is 0. The first kappa shape index (κ1) is 15.0. The van der Waals surface area contributed by atoms with Gasteiger partial charge in [-0.15, -0.1) is 11.3 Å². The van der Waals surface area contributed by atoms with Crippen molar-refractivity contribution in [2.75, 3.05) is 33.7 Å². The number of likely N-dealkylation sites (tertiary alicyclic amines) is 1. The number of hydrogen-bond donors (Lipinski definition) is 1. The van der Waals surface area contributed by atoms with Gasteiger partial charge in [-0.2, -0.15) is 0 Å². The van der Waals surface area contributed by atoms with E-state index in [4.69, 9.17) is 0 Å². The molecule has 2 heterocycles. The highest BCUT2D eigenvalue weighted by atomic mass is 32.1. The zero-order valence-corrected chi connectivity index (χ0v) is 12.8. The van der Waals surface area contributed by atoms with E-state index in [9.17, 15) is 9.59 Å². The predicted molar refractivity (Wildman–Crippen MR) is 79.9 cm³/mol. The van der Waals surface area contributed by atoms with Crippen molar-refractivity contribution < 1.29 is 9.59 Å². The predicted octanol–water partition coefficient (Wildman–Crippen LogP) is 1.03. The van der Waals surface area contributed by atoms with Crippen LogP contribution in [0, 0.1) is 0 Å². The van der Waals surface area contributed by atoms with Gasteiger partial charge in [-0.05, 0) is 31.3 Å². The van der Waals surface area contributed by atoms with Crippen LogP contribution in [-0.4, -0.2) is 61.4 Å². The average molecular weight is 295 g/mol. The Labute approximate surface area is 123 Å². The van der Waals surface area contributed by atoms with E-state index in [0.29, 0.717) is 4.88 Å². The molecule has 0 spiro atoms. The lowest BCUT2D eigenvalue weighted by molar-refractivity contribution is -0.132. The number of likely N-dealkylation sites (N-methyl/N-ethyl adjacent to an activating group) is 2. The molecule has 1 unspecified atom stereocenters. The zero-order chi connectivity index (χ0) is 14.5. The van der Waals surface area contributed by atoms with Crippen molar-refractivity contribution in [3.05, 3.63) is 22.4 Å². The van der Waals surface area contributed by atoms with Crippen LogP contribution in [0.3, 0.4) is 0 Å². The van der Waals surface area contributed by atoms with Crippen molar-refractivity contribution in [2.45, 2.75) is 18.9 Å². The second-order valence-corrected chi connectivity index (χ2v) is 6.03. The lowest BCUT2D eigenvalue weighted by Crippen LogP contribution is -2.46. The first-order chi connectivity index (χ1) is 9.63. The standard InChI is InChI=1S/C14H21N3O2S/c1-15-9-11-5-3-7-17(11)13(18)10-16(2)14(19)12-6-4-8-20-12/h4,6,8,11,15H,3,5,7,9-10H2,1-2H3. The molecule has 1 atom stereocenters. The number of thiophene rings is 1. The number of hydrogen-bond acceptors (Lipinski definition) is 4. The minimum absolute atomic E-state index is 0.0372. The van der Waals surface area contributed by atoms with Crippen LogP contribution in [0.15, 0.2) is 17.5 Å². The molecule has 2 rings (SSSR count). The Bertz CT molecular complexity index is 461. The summed E-state index contributed by atoms with van der Waals surface area (Å²) in [4.78, 5) is 28.5. The first-order valence-corrected chi connectivity index (χ1v) is 7.74. The van der Waals surface area contributed by atoms with Crippen LogP contribution in [-0.2, 0) is 4.79 Å². The topological polar surface area (TPSA) is 52.7 Å². The van der Waals surface area contributed by atoms with E-state index < -0.39 is 0 Å².